The lowest BCUT2D eigenvalue weighted by Gasteiger charge is -2.08. The monoisotopic (exact) mass is 254 g/mol. The van der Waals surface area contributed by atoms with Gasteiger partial charge in [-0.05, 0) is 54.3 Å². The summed E-state index contributed by atoms with van der Waals surface area (Å²) in [7, 11) is 0. The number of ether oxygens (including phenoxy) is 1. The Hall–Kier alpha value is -2.36. The van der Waals surface area contributed by atoms with Crippen LogP contribution in [0, 0.1) is 0 Å². The maximum absolute atomic E-state index is 8.88. The number of aromatic nitrogens is 1. The summed E-state index contributed by atoms with van der Waals surface area (Å²) in [5.41, 5.74) is 4.06. The number of benzene rings is 1. The molecule has 3 rings (SSSR count). The van der Waals surface area contributed by atoms with Gasteiger partial charge in [0, 0.05) is 18.0 Å². The molecule has 96 valence electrons. The summed E-state index contributed by atoms with van der Waals surface area (Å²) in [4.78, 5) is 3.97. The second kappa shape index (κ2) is 5.10. The molecule has 0 amide bonds. The zero-order chi connectivity index (χ0) is 13.1. The molecule has 1 aromatic carbocycles. The lowest BCUT2D eigenvalue weighted by Crippen LogP contribution is -1.97. The molecule has 0 atom stereocenters. The summed E-state index contributed by atoms with van der Waals surface area (Å²) >= 11 is 0. The fourth-order valence-corrected chi connectivity index (χ4v) is 2.29. The molecule has 0 saturated carbocycles. The van der Waals surface area contributed by atoms with Crippen LogP contribution in [0.4, 0.5) is 0 Å². The van der Waals surface area contributed by atoms with Crippen LogP contribution in [0.15, 0.2) is 47.9 Å². The molecule has 1 aliphatic carbocycles. The first kappa shape index (κ1) is 11.7. The molecule has 0 unspecified atom stereocenters. The molecule has 1 aliphatic rings. The van der Waals surface area contributed by atoms with Crippen LogP contribution in [0.5, 0.6) is 5.75 Å². The molecule has 0 spiro atoms. The van der Waals surface area contributed by atoms with Gasteiger partial charge < -0.3 is 9.94 Å². The van der Waals surface area contributed by atoms with Crippen molar-refractivity contribution >= 4 is 5.71 Å². The number of oxime groups is 1. The van der Waals surface area contributed by atoms with E-state index in [4.69, 9.17) is 9.94 Å². The molecule has 0 radical (unpaired) electrons. The zero-order valence-electron chi connectivity index (χ0n) is 10.4. The van der Waals surface area contributed by atoms with Crippen LogP contribution in [0.1, 0.15) is 23.1 Å². The highest BCUT2D eigenvalue weighted by molar-refractivity contribution is 6.04. The molecule has 1 N–H and O–H groups in total. The number of hydrogen-bond acceptors (Lipinski definition) is 4. The van der Waals surface area contributed by atoms with Crippen LogP contribution in [0.25, 0.3) is 0 Å². The first-order chi connectivity index (χ1) is 9.36. The third kappa shape index (κ3) is 2.42. The molecular weight excluding hydrogens is 240 g/mol. The zero-order valence-corrected chi connectivity index (χ0v) is 10.4. The summed E-state index contributed by atoms with van der Waals surface area (Å²) in [5, 5.41) is 12.2. The number of hydrogen-bond donors (Lipinski definition) is 1. The van der Waals surface area contributed by atoms with Gasteiger partial charge in [-0.3, -0.25) is 4.98 Å². The van der Waals surface area contributed by atoms with Crippen LogP contribution in [0.3, 0.4) is 0 Å². The van der Waals surface area contributed by atoms with E-state index in [9.17, 15) is 0 Å². The quantitative estimate of drug-likeness (QED) is 0.677. The van der Waals surface area contributed by atoms with Crippen molar-refractivity contribution in [3.63, 3.8) is 0 Å². The molecule has 4 nitrogen and oxygen atoms in total. The number of aryl methyl sites for hydroxylation is 1. The van der Waals surface area contributed by atoms with Gasteiger partial charge in [-0.2, -0.15) is 0 Å². The predicted molar refractivity (Wildman–Crippen MR) is 71.7 cm³/mol. The summed E-state index contributed by atoms with van der Waals surface area (Å²) in [6, 6.07) is 9.76. The minimum Gasteiger partial charge on any atom is -0.489 e. The Morgan fingerprint density at radius 3 is 2.79 bits per heavy atom. The summed E-state index contributed by atoms with van der Waals surface area (Å²) < 4.78 is 5.76. The average molecular weight is 254 g/mol. The van der Waals surface area contributed by atoms with Gasteiger partial charge in [0.25, 0.3) is 0 Å². The molecule has 4 heteroatoms. The van der Waals surface area contributed by atoms with Gasteiger partial charge in [0.05, 0.1) is 5.71 Å². The standard InChI is InChI=1S/C15H14N2O2/c18-17-15-4-1-12-9-13(2-3-14(12)15)19-10-11-5-7-16-8-6-11/h2-3,5-9,18H,1,4,10H2/b17-15-. The molecular formula is C15H14N2O2. The fraction of sp³-hybridized carbons (Fsp3) is 0.200. The van der Waals surface area contributed by atoms with E-state index >= 15 is 0 Å². The molecule has 0 aliphatic heterocycles. The molecule has 1 heterocycles. The van der Waals surface area contributed by atoms with E-state index in [2.05, 4.69) is 10.1 Å². The number of pyridine rings is 1. The Morgan fingerprint density at radius 1 is 1.16 bits per heavy atom. The van der Waals surface area contributed by atoms with Crippen molar-refractivity contribution in [1.29, 1.82) is 0 Å². The Morgan fingerprint density at radius 2 is 2.00 bits per heavy atom. The topological polar surface area (TPSA) is 54.7 Å². The van der Waals surface area contributed by atoms with Crippen molar-refractivity contribution in [2.45, 2.75) is 19.4 Å². The van der Waals surface area contributed by atoms with Crippen molar-refractivity contribution in [2.24, 2.45) is 5.16 Å². The van der Waals surface area contributed by atoms with Crippen LogP contribution >= 0.6 is 0 Å². The molecule has 0 saturated heterocycles. The first-order valence-electron chi connectivity index (χ1n) is 6.23. The highest BCUT2D eigenvalue weighted by atomic mass is 16.5. The second-order valence-electron chi connectivity index (χ2n) is 4.51. The number of nitrogens with zero attached hydrogens (tertiary/aromatic N) is 2. The predicted octanol–water partition coefficient (Wildman–Crippen LogP) is 2.79. The number of fused-ring (bicyclic) bond motifs is 1. The first-order valence-corrected chi connectivity index (χ1v) is 6.23. The molecule has 1 aromatic heterocycles. The lowest BCUT2D eigenvalue weighted by molar-refractivity contribution is 0.306. The van der Waals surface area contributed by atoms with Crippen LogP contribution in [-0.4, -0.2) is 15.9 Å². The summed E-state index contributed by atoms with van der Waals surface area (Å²) in [6.07, 6.45) is 5.21. The SMILES string of the molecule is O/N=C1/CCc2cc(OCc3ccncc3)ccc21. The van der Waals surface area contributed by atoms with Gasteiger partial charge in [0.15, 0.2) is 0 Å². The van der Waals surface area contributed by atoms with Gasteiger partial charge in [-0.25, -0.2) is 0 Å². The van der Waals surface area contributed by atoms with E-state index in [-0.39, 0.29) is 0 Å². The molecule has 0 fully saturated rings. The minimum atomic E-state index is 0.530. The van der Waals surface area contributed by atoms with Crippen LogP contribution in [-0.2, 0) is 13.0 Å². The Kier molecular flexibility index (Phi) is 3.14. The largest absolute Gasteiger partial charge is 0.489 e. The van der Waals surface area contributed by atoms with Crippen molar-refractivity contribution in [3.8, 4) is 5.75 Å². The molecule has 19 heavy (non-hydrogen) atoms. The van der Waals surface area contributed by atoms with Gasteiger partial charge in [-0.15, -0.1) is 0 Å². The Balaban J connectivity index is 1.74. The minimum absolute atomic E-state index is 0.530. The van der Waals surface area contributed by atoms with Gasteiger partial charge >= 0.3 is 0 Å². The maximum atomic E-state index is 8.88. The summed E-state index contributed by atoms with van der Waals surface area (Å²) in [5.74, 6) is 0.842. The third-order valence-electron chi connectivity index (χ3n) is 3.29. The Labute approximate surface area is 111 Å². The summed E-state index contributed by atoms with van der Waals surface area (Å²) in [6.45, 7) is 0.530. The van der Waals surface area contributed by atoms with E-state index in [1.54, 1.807) is 12.4 Å². The van der Waals surface area contributed by atoms with Crippen LogP contribution in [0.2, 0.25) is 0 Å². The van der Waals surface area contributed by atoms with Gasteiger partial charge in [0.2, 0.25) is 0 Å². The highest BCUT2D eigenvalue weighted by Crippen LogP contribution is 2.27. The van der Waals surface area contributed by atoms with Crippen molar-refractivity contribution < 1.29 is 9.94 Å². The average Bonchev–Trinajstić information content (AvgIpc) is 2.88. The normalized spacial score (nSPS) is 15.5. The smallest absolute Gasteiger partial charge is 0.120 e. The molecule has 0 bridgehead atoms. The van der Waals surface area contributed by atoms with Crippen molar-refractivity contribution in [2.75, 3.05) is 0 Å². The van der Waals surface area contributed by atoms with Crippen LogP contribution < -0.4 is 4.74 Å². The maximum Gasteiger partial charge on any atom is 0.120 e. The van der Waals surface area contributed by atoms with Gasteiger partial charge in [-0.1, -0.05) is 5.16 Å². The highest BCUT2D eigenvalue weighted by Gasteiger charge is 2.18. The van der Waals surface area contributed by atoms with E-state index in [1.165, 1.54) is 5.56 Å². The van der Waals surface area contributed by atoms with Crippen molar-refractivity contribution in [3.05, 3.63) is 59.4 Å². The van der Waals surface area contributed by atoms with Crippen molar-refractivity contribution in [1.82, 2.24) is 4.98 Å². The van der Waals surface area contributed by atoms with E-state index < -0.39 is 0 Å². The van der Waals surface area contributed by atoms with E-state index in [0.717, 1.165) is 35.4 Å². The van der Waals surface area contributed by atoms with Gasteiger partial charge in [0.1, 0.15) is 12.4 Å². The Bertz CT molecular complexity index is 609. The lowest BCUT2D eigenvalue weighted by atomic mass is 10.1. The fourth-order valence-electron chi connectivity index (χ4n) is 2.29. The molecule has 2 aromatic rings. The van der Waals surface area contributed by atoms with E-state index in [1.807, 2.05) is 30.3 Å². The second-order valence-corrected chi connectivity index (χ2v) is 4.51. The third-order valence-corrected chi connectivity index (χ3v) is 3.29. The number of rotatable bonds is 3. The van der Waals surface area contributed by atoms with E-state index in [0.29, 0.717) is 6.61 Å².